The molecule has 0 radical (unpaired) electrons. The van der Waals surface area contributed by atoms with Gasteiger partial charge in [0.15, 0.2) is 11.5 Å². The molecule has 2 aliphatic heterocycles. The quantitative estimate of drug-likeness (QED) is 0.857. The first-order valence-corrected chi connectivity index (χ1v) is 7.09. The Hall–Kier alpha value is -1.46. The first-order valence-electron chi connectivity index (χ1n) is 6.71. The topological polar surface area (TPSA) is 59.0 Å². The van der Waals surface area contributed by atoms with Crippen LogP contribution in [-0.2, 0) is 0 Å². The first-order chi connectivity index (χ1) is 9.65. The third kappa shape index (κ3) is 2.55. The minimum Gasteiger partial charge on any atom is -0.486 e. The number of carbonyl (C=O) groups excluding carboxylic acids is 1. The van der Waals surface area contributed by atoms with Gasteiger partial charge in [0.2, 0.25) is 0 Å². The molecule has 108 valence electrons. The van der Waals surface area contributed by atoms with E-state index in [2.05, 4.69) is 0 Å². The third-order valence-corrected chi connectivity index (χ3v) is 3.81. The maximum absolute atomic E-state index is 12.4. The molecule has 0 saturated carbocycles. The monoisotopic (exact) mass is 297 g/mol. The summed E-state index contributed by atoms with van der Waals surface area (Å²) in [5.41, 5.74) is 0.466. The van der Waals surface area contributed by atoms with E-state index in [1.54, 1.807) is 17.0 Å². The molecular formula is C14H16ClNO4. The van der Waals surface area contributed by atoms with E-state index in [0.29, 0.717) is 48.4 Å². The van der Waals surface area contributed by atoms with Gasteiger partial charge >= 0.3 is 0 Å². The maximum atomic E-state index is 12.4. The first kappa shape index (κ1) is 13.5. The van der Waals surface area contributed by atoms with Crippen molar-refractivity contribution in [3.05, 3.63) is 22.7 Å². The summed E-state index contributed by atoms with van der Waals surface area (Å²) in [4.78, 5) is 14.1. The molecule has 6 heteroatoms. The largest absolute Gasteiger partial charge is 0.486 e. The number of rotatable bonds is 1. The van der Waals surface area contributed by atoms with Crippen molar-refractivity contribution < 1.29 is 19.4 Å². The van der Waals surface area contributed by atoms with Crippen molar-refractivity contribution in [3.63, 3.8) is 0 Å². The highest BCUT2D eigenvalue weighted by Gasteiger charge is 2.25. The second-order valence-electron chi connectivity index (χ2n) is 5.03. The number of amides is 1. The van der Waals surface area contributed by atoms with Crippen molar-refractivity contribution in [2.24, 2.45) is 0 Å². The lowest BCUT2D eigenvalue weighted by Crippen LogP contribution is -2.42. The van der Waals surface area contributed by atoms with Gasteiger partial charge in [-0.15, -0.1) is 0 Å². The molecule has 2 aliphatic rings. The molecule has 0 aliphatic carbocycles. The van der Waals surface area contributed by atoms with E-state index in [1.165, 1.54) is 0 Å². The summed E-state index contributed by atoms with van der Waals surface area (Å²) in [7, 11) is 0. The summed E-state index contributed by atoms with van der Waals surface area (Å²) >= 11 is 6.13. The number of ether oxygens (including phenoxy) is 2. The molecule has 0 spiro atoms. The molecule has 1 atom stereocenters. The molecular weight excluding hydrogens is 282 g/mol. The Morgan fingerprint density at radius 3 is 2.95 bits per heavy atom. The summed E-state index contributed by atoms with van der Waals surface area (Å²) in [5.74, 6) is 0.862. The Morgan fingerprint density at radius 1 is 1.35 bits per heavy atom. The zero-order valence-electron chi connectivity index (χ0n) is 11.0. The van der Waals surface area contributed by atoms with Crippen molar-refractivity contribution >= 4 is 17.5 Å². The second-order valence-corrected chi connectivity index (χ2v) is 5.44. The fourth-order valence-electron chi connectivity index (χ4n) is 2.56. The number of fused-ring (bicyclic) bond motifs is 1. The predicted molar refractivity (Wildman–Crippen MR) is 73.6 cm³/mol. The second kappa shape index (κ2) is 5.50. The molecule has 0 bridgehead atoms. The number of likely N-dealkylation sites (tertiary alicyclic amines) is 1. The highest BCUT2D eigenvalue weighted by molar-refractivity contribution is 6.32. The highest BCUT2D eigenvalue weighted by atomic mass is 35.5. The predicted octanol–water partition coefficient (Wildman–Crippen LogP) is 1.71. The van der Waals surface area contributed by atoms with E-state index >= 15 is 0 Å². The number of piperidine rings is 1. The Bertz CT molecular complexity index is 534. The molecule has 1 saturated heterocycles. The molecule has 1 fully saturated rings. The summed E-state index contributed by atoms with van der Waals surface area (Å²) < 4.78 is 10.9. The maximum Gasteiger partial charge on any atom is 0.254 e. The number of carbonyl (C=O) groups is 1. The lowest BCUT2D eigenvalue weighted by atomic mass is 10.1. The van der Waals surface area contributed by atoms with Gasteiger partial charge in [0.25, 0.3) is 5.91 Å². The fraction of sp³-hybridized carbons (Fsp3) is 0.500. The molecule has 0 unspecified atom stereocenters. The van der Waals surface area contributed by atoms with Crippen LogP contribution < -0.4 is 9.47 Å². The van der Waals surface area contributed by atoms with Crippen molar-refractivity contribution in [2.45, 2.75) is 18.9 Å². The van der Waals surface area contributed by atoms with Crippen LogP contribution in [0.2, 0.25) is 5.02 Å². The standard InChI is InChI=1S/C14H16ClNO4/c15-11-6-9(7-12-13(11)20-5-4-19-12)14(18)16-3-1-2-10(17)8-16/h6-7,10,17H,1-5,8H2/t10-/m0/s1. The Kier molecular flexibility index (Phi) is 3.72. The van der Waals surface area contributed by atoms with Gasteiger partial charge in [-0.3, -0.25) is 4.79 Å². The van der Waals surface area contributed by atoms with Crippen LogP contribution in [0, 0.1) is 0 Å². The minimum absolute atomic E-state index is 0.136. The van der Waals surface area contributed by atoms with Crippen LogP contribution in [0.25, 0.3) is 0 Å². The number of β-amino-alcohol motifs (C(OH)–C–C–N with tert-alkyl or cyclic N) is 1. The van der Waals surface area contributed by atoms with E-state index in [-0.39, 0.29) is 5.91 Å². The van der Waals surface area contributed by atoms with E-state index in [1.807, 2.05) is 0 Å². The zero-order valence-corrected chi connectivity index (χ0v) is 11.7. The lowest BCUT2D eigenvalue weighted by Gasteiger charge is -2.30. The van der Waals surface area contributed by atoms with Crippen LogP contribution in [0.5, 0.6) is 11.5 Å². The molecule has 20 heavy (non-hydrogen) atoms. The fourth-order valence-corrected chi connectivity index (χ4v) is 2.82. The average molecular weight is 298 g/mol. The van der Waals surface area contributed by atoms with E-state index in [0.717, 1.165) is 12.8 Å². The molecule has 2 heterocycles. The van der Waals surface area contributed by atoms with Gasteiger partial charge in [-0.1, -0.05) is 11.6 Å². The van der Waals surface area contributed by atoms with Gasteiger partial charge in [-0.2, -0.15) is 0 Å². The van der Waals surface area contributed by atoms with E-state index < -0.39 is 6.10 Å². The van der Waals surface area contributed by atoms with Crippen LogP contribution in [-0.4, -0.2) is 48.3 Å². The van der Waals surface area contributed by atoms with Crippen molar-refractivity contribution in [1.29, 1.82) is 0 Å². The number of halogens is 1. The van der Waals surface area contributed by atoms with Gasteiger partial charge in [0.1, 0.15) is 13.2 Å². The summed E-state index contributed by atoms with van der Waals surface area (Å²) in [6.45, 7) is 1.93. The van der Waals surface area contributed by atoms with Gasteiger partial charge in [-0.05, 0) is 25.0 Å². The Morgan fingerprint density at radius 2 is 2.15 bits per heavy atom. The van der Waals surface area contributed by atoms with Crippen molar-refractivity contribution in [2.75, 3.05) is 26.3 Å². The van der Waals surface area contributed by atoms with Gasteiger partial charge in [0.05, 0.1) is 11.1 Å². The number of hydrogen-bond acceptors (Lipinski definition) is 4. The lowest BCUT2D eigenvalue weighted by molar-refractivity contribution is 0.0473. The molecule has 5 nitrogen and oxygen atoms in total. The summed E-state index contributed by atoms with van der Waals surface area (Å²) in [6, 6.07) is 3.25. The van der Waals surface area contributed by atoms with Gasteiger partial charge in [-0.25, -0.2) is 0 Å². The van der Waals surface area contributed by atoms with Gasteiger partial charge < -0.3 is 19.5 Å². The van der Waals surface area contributed by atoms with Crippen molar-refractivity contribution in [1.82, 2.24) is 4.90 Å². The average Bonchev–Trinajstić information content (AvgIpc) is 2.46. The number of nitrogens with zero attached hydrogens (tertiary/aromatic N) is 1. The zero-order chi connectivity index (χ0) is 14.1. The molecule has 1 N–H and O–H groups in total. The number of aliphatic hydroxyl groups excluding tert-OH is 1. The van der Waals surface area contributed by atoms with Crippen LogP contribution in [0.1, 0.15) is 23.2 Å². The number of hydrogen-bond donors (Lipinski definition) is 1. The van der Waals surface area contributed by atoms with Crippen LogP contribution in [0.4, 0.5) is 0 Å². The van der Waals surface area contributed by atoms with E-state index in [9.17, 15) is 9.90 Å². The highest BCUT2D eigenvalue weighted by Crippen LogP contribution is 2.38. The van der Waals surface area contributed by atoms with Crippen LogP contribution >= 0.6 is 11.6 Å². The number of benzene rings is 1. The molecule has 0 aromatic heterocycles. The Balaban J connectivity index is 1.86. The molecule has 3 rings (SSSR count). The third-order valence-electron chi connectivity index (χ3n) is 3.53. The van der Waals surface area contributed by atoms with Gasteiger partial charge in [0, 0.05) is 18.7 Å². The Labute approximate surface area is 122 Å². The smallest absolute Gasteiger partial charge is 0.254 e. The molecule has 1 aromatic rings. The van der Waals surface area contributed by atoms with Crippen LogP contribution in [0.3, 0.4) is 0 Å². The minimum atomic E-state index is -0.444. The van der Waals surface area contributed by atoms with E-state index in [4.69, 9.17) is 21.1 Å². The van der Waals surface area contributed by atoms with Crippen LogP contribution in [0.15, 0.2) is 12.1 Å². The normalized spacial score (nSPS) is 21.7. The SMILES string of the molecule is O=C(c1cc(Cl)c2c(c1)OCCO2)N1CCC[C@H](O)C1. The molecule has 1 amide bonds. The van der Waals surface area contributed by atoms with Crippen molar-refractivity contribution in [3.8, 4) is 11.5 Å². The molecule has 1 aromatic carbocycles. The number of aliphatic hydroxyl groups is 1. The summed E-state index contributed by atoms with van der Waals surface area (Å²) in [6.07, 6.45) is 1.11. The summed E-state index contributed by atoms with van der Waals surface area (Å²) in [5, 5.41) is 10.0.